The van der Waals surface area contributed by atoms with Crippen molar-refractivity contribution in [1.82, 2.24) is 0 Å². The second kappa shape index (κ2) is 6.04. The summed E-state index contributed by atoms with van der Waals surface area (Å²) in [6, 6.07) is 0. The lowest BCUT2D eigenvalue weighted by Crippen LogP contribution is -2.30. The fourth-order valence-corrected chi connectivity index (χ4v) is 1.49. The van der Waals surface area contributed by atoms with Crippen LogP contribution in [0.25, 0.3) is 0 Å². The van der Waals surface area contributed by atoms with Crippen molar-refractivity contribution in [3.63, 3.8) is 0 Å². The smallest absolute Gasteiger partial charge is 0.303 e. The second-order valence-electron chi connectivity index (χ2n) is 4.93. The predicted molar refractivity (Wildman–Crippen MR) is 65.3 cm³/mol. The van der Waals surface area contributed by atoms with Gasteiger partial charge >= 0.3 is 5.97 Å². The molecule has 0 rings (SSSR count). The Morgan fingerprint density at radius 2 is 1.88 bits per heavy atom. The fourth-order valence-electron chi connectivity index (χ4n) is 1.49. The van der Waals surface area contributed by atoms with Gasteiger partial charge in [-0.1, -0.05) is 6.58 Å². The first-order chi connectivity index (χ1) is 7.24. The van der Waals surface area contributed by atoms with Gasteiger partial charge in [0.2, 0.25) is 0 Å². The van der Waals surface area contributed by atoms with Gasteiger partial charge in [0.05, 0.1) is 5.60 Å². The first kappa shape index (κ1) is 15.2. The van der Waals surface area contributed by atoms with Crippen LogP contribution in [0.15, 0.2) is 12.7 Å². The maximum atomic E-state index is 10.9. The highest BCUT2D eigenvalue weighted by atomic mass is 16.6. The number of hydrogen-bond acceptors (Lipinski definition) is 3. The molecule has 0 heterocycles. The quantitative estimate of drug-likeness (QED) is 0.496. The summed E-state index contributed by atoms with van der Waals surface area (Å²) in [7, 11) is 1.71. The van der Waals surface area contributed by atoms with E-state index < -0.39 is 5.60 Å². The summed E-state index contributed by atoms with van der Waals surface area (Å²) in [5.41, 5.74) is -0.687. The molecule has 3 nitrogen and oxygen atoms in total. The molecular weight excluding hydrogens is 204 g/mol. The van der Waals surface area contributed by atoms with Gasteiger partial charge in [0.25, 0.3) is 0 Å². The Bertz CT molecular complexity index is 246. The first-order valence-electron chi connectivity index (χ1n) is 5.63. The Morgan fingerprint density at radius 3 is 2.25 bits per heavy atom. The van der Waals surface area contributed by atoms with E-state index in [1.54, 1.807) is 13.2 Å². The van der Waals surface area contributed by atoms with Crippen LogP contribution in [-0.4, -0.2) is 24.3 Å². The van der Waals surface area contributed by atoms with Crippen LogP contribution in [0.1, 0.15) is 47.0 Å². The van der Waals surface area contributed by atoms with Crippen molar-refractivity contribution >= 4 is 5.97 Å². The Morgan fingerprint density at radius 1 is 1.31 bits per heavy atom. The third-order valence-electron chi connectivity index (χ3n) is 2.81. The Hall–Kier alpha value is -0.830. The zero-order valence-electron chi connectivity index (χ0n) is 11.1. The molecule has 0 aliphatic carbocycles. The van der Waals surface area contributed by atoms with Crippen molar-refractivity contribution in [1.29, 1.82) is 0 Å². The Labute approximate surface area is 98.8 Å². The number of carbonyl (C=O) groups is 1. The summed E-state index contributed by atoms with van der Waals surface area (Å²) >= 11 is 0. The highest BCUT2D eigenvalue weighted by Gasteiger charge is 2.25. The van der Waals surface area contributed by atoms with Crippen LogP contribution in [0.4, 0.5) is 0 Å². The zero-order valence-corrected chi connectivity index (χ0v) is 11.1. The van der Waals surface area contributed by atoms with Crippen LogP contribution in [0.2, 0.25) is 0 Å². The minimum atomic E-state index is -0.560. The molecule has 1 unspecified atom stereocenters. The van der Waals surface area contributed by atoms with Crippen molar-refractivity contribution in [3.8, 4) is 0 Å². The predicted octanol–water partition coefficient (Wildman–Crippen LogP) is 3.09. The maximum Gasteiger partial charge on any atom is 0.303 e. The molecule has 0 radical (unpaired) electrons. The van der Waals surface area contributed by atoms with Gasteiger partial charge in [-0.25, -0.2) is 0 Å². The van der Waals surface area contributed by atoms with Gasteiger partial charge in [-0.15, -0.1) is 0 Å². The molecule has 0 N–H and O–H groups in total. The molecule has 0 aromatic heterocycles. The van der Waals surface area contributed by atoms with Gasteiger partial charge in [0, 0.05) is 14.0 Å². The maximum absolute atomic E-state index is 10.9. The van der Waals surface area contributed by atoms with E-state index in [9.17, 15) is 4.79 Å². The van der Waals surface area contributed by atoms with Gasteiger partial charge in [-0.05, 0) is 46.1 Å². The molecule has 94 valence electrons. The van der Waals surface area contributed by atoms with Gasteiger partial charge in [0.15, 0.2) is 0 Å². The third kappa shape index (κ3) is 5.91. The normalized spacial score (nSPS) is 15.3. The number of hydrogen-bond donors (Lipinski definition) is 0. The van der Waals surface area contributed by atoms with E-state index in [0.717, 1.165) is 19.3 Å². The first-order valence-corrected chi connectivity index (χ1v) is 5.63. The number of rotatable bonds is 7. The number of ether oxygens (including phenoxy) is 2. The standard InChI is InChI=1S/C13H24O3/c1-7-13(5,16-11(2)14)10-8-9-12(3,4)15-6/h7H,1,8-10H2,2-6H3. The lowest BCUT2D eigenvalue weighted by Gasteiger charge is -2.28. The molecule has 1 atom stereocenters. The summed E-state index contributed by atoms with van der Waals surface area (Å²) in [6.07, 6.45) is 4.31. The van der Waals surface area contributed by atoms with E-state index in [1.807, 2.05) is 20.8 Å². The van der Waals surface area contributed by atoms with Crippen LogP contribution in [0.5, 0.6) is 0 Å². The third-order valence-corrected chi connectivity index (χ3v) is 2.81. The molecule has 0 aromatic rings. The molecular formula is C13H24O3. The van der Waals surface area contributed by atoms with E-state index in [1.165, 1.54) is 6.92 Å². The average Bonchev–Trinajstić information content (AvgIpc) is 2.16. The summed E-state index contributed by atoms with van der Waals surface area (Å²) in [5.74, 6) is -0.270. The Balaban J connectivity index is 4.15. The number of methoxy groups -OCH3 is 1. The average molecular weight is 228 g/mol. The summed E-state index contributed by atoms with van der Waals surface area (Å²) in [5, 5.41) is 0. The molecule has 0 aliphatic heterocycles. The van der Waals surface area contributed by atoms with Gasteiger partial charge in [-0.2, -0.15) is 0 Å². The van der Waals surface area contributed by atoms with Crippen LogP contribution in [0.3, 0.4) is 0 Å². The van der Waals surface area contributed by atoms with E-state index in [4.69, 9.17) is 9.47 Å². The molecule has 0 spiro atoms. The van der Waals surface area contributed by atoms with Crippen LogP contribution in [-0.2, 0) is 14.3 Å². The summed E-state index contributed by atoms with van der Waals surface area (Å²) in [6.45, 7) is 11.1. The van der Waals surface area contributed by atoms with E-state index in [0.29, 0.717) is 0 Å². The van der Waals surface area contributed by atoms with Crippen molar-refractivity contribution in [2.24, 2.45) is 0 Å². The molecule has 0 saturated carbocycles. The van der Waals surface area contributed by atoms with E-state index in [-0.39, 0.29) is 11.6 Å². The largest absolute Gasteiger partial charge is 0.455 e. The molecule has 3 heteroatoms. The highest BCUT2D eigenvalue weighted by molar-refractivity contribution is 5.66. The molecule has 0 aromatic carbocycles. The number of carbonyl (C=O) groups excluding carboxylic acids is 1. The monoisotopic (exact) mass is 228 g/mol. The fraction of sp³-hybridized carbons (Fsp3) is 0.769. The van der Waals surface area contributed by atoms with Crippen molar-refractivity contribution in [2.75, 3.05) is 7.11 Å². The lowest BCUT2D eigenvalue weighted by molar-refractivity contribution is -0.151. The SMILES string of the molecule is C=CC(C)(CCCC(C)(C)OC)OC(C)=O. The van der Waals surface area contributed by atoms with Gasteiger partial charge < -0.3 is 9.47 Å². The second-order valence-corrected chi connectivity index (χ2v) is 4.93. The molecule has 0 fully saturated rings. The zero-order chi connectivity index (χ0) is 12.8. The Kier molecular flexibility index (Phi) is 5.73. The molecule has 0 amide bonds. The summed E-state index contributed by atoms with van der Waals surface area (Å²) < 4.78 is 10.6. The van der Waals surface area contributed by atoms with Crippen LogP contribution < -0.4 is 0 Å². The van der Waals surface area contributed by atoms with E-state index >= 15 is 0 Å². The number of esters is 1. The lowest BCUT2D eigenvalue weighted by atomic mass is 9.94. The molecule has 0 bridgehead atoms. The van der Waals surface area contributed by atoms with Gasteiger partial charge in [0.1, 0.15) is 5.60 Å². The minimum absolute atomic E-state index is 0.127. The minimum Gasteiger partial charge on any atom is -0.455 e. The van der Waals surface area contributed by atoms with Gasteiger partial charge in [-0.3, -0.25) is 4.79 Å². The molecule has 16 heavy (non-hydrogen) atoms. The topological polar surface area (TPSA) is 35.5 Å². The summed E-state index contributed by atoms with van der Waals surface area (Å²) in [4.78, 5) is 10.9. The van der Waals surface area contributed by atoms with Crippen molar-refractivity contribution in [2.45, 2.75) is 58.2 Å². The van der Waals surface area contributed by atoms with Crippen molar-refractivity contribution < 1.29 is 14.3 Å². The highest BCUT2D eigenvalue weighted by Crippen LogP contribution is 2.24. The van der Waals surface area contributed by atoms with Crippen LogP contribution in [0, 0.1) is 0 Å². The van der Waals surface area contributed by atoms with Crippen LogP contribution >= 0.6 is 0 Å². The molecule has 0 aliphatic rings. The molecule has 0 saturated heterocycles. The van der Waals surface area contributed by atoms with E-state index in [2.05, 4.69) is 6.58 Å². The van der Waals surface area contributed by atoms with Crippen molar-refractivity contribution in [3.05, 3.63) is 12.7 Å².